The molecule has 0 aromatic heterocycles. The quantitative estimate of drug-likeness (QED) is 0.514. The third-order valence-electron chi connectivity index (χ3n) is 6.21. The van der Waals surface area contributed by atoms with Gasteiger partial charge < -0.3 is 4.74 Å². The van der Waals surface area contributed by atoms with Gasteiger partial charge in [-0.05, 0) is 99.2 Å². The maximum atomic E-state index is 11.4. The zero-order valence-corrected chi connectivity index (χ0v) is 18.6. The van der Waals surface area contributed by atoms with Crippen LogP contribution in [0.2, 0.25) is 0 Å². The number of hydrogen-bond acceptors (Lipinski definition) is 2. The first-order valence-electron chi connectivity index (χ1n) is 10.9. The number of Topliss-reactive ketones (excluding diaryl/α,β-unsaturated/α-hetero) is 1. The molecule has 1 aliphatic heterocycles. The summed E-state index contributed by atoms with van der Waals surface area (Å²) in [5.41, 5.74) is 10.5. The third kappa shape index (κ3) is 5.05. The van der Waals surface area contributed by atoms with Crippen molar-refractivity contribution in [1.29, 1.82) is 0 Å². The molecule has 0 bridgehead atoms. The van der Waals surface area contributed by atoms with Gasteiger partial charge in [-0.3, -0.25) is 4.79 Å². The summed E-state index contributed by atoms with van der Waals surface area (Å²) in [5, 5.41) is 0. The van der Waals surface area contributed by atoms with Crippen molar-refractivity contribution < 1.29 is 9.53 Å². The second-order valence-electron chi connectivity index (χ2n) is 8.50. The lowest BCUT2D eigenvalue weighted by Crippen LogP contribution is -1.96. The zero-order valence-electron chi connectivity index (χ0n) is 18.6. The van der Waals surface area contributed by atoms with E-state index < -0.39 is 0 Å². The summed E-state index contributed by atoms with van der Waals surface area (Å²) in [6.07, 6.45) is 10.3. The van der Waals surface area contributed by atoms with Crippen LogP contribution in [0.5, 0.6) is 0 Å². The molecule has 0 saturated carbocycles. The minimum absolute atomic E-state index is 0.325. The van der Waals surface area contributed by atoms with Crippen molar-refractivity contribution in [3.63, 3.8) is 0 Å². The molecule has 2 heteroatoms. The molecule has 154 valence electrons. The third-order valence-corrected chi connectivity index (χ3v) is 6.21. The smallest absolute Gasteiger partial charge is 0.163 e. The van der Waals surface area contributed by atoms with E-state index in [1.54, 1.807) is 0 Å². The summed E-state index contributed by atoms with van der Waals surface area (Å²) in [6.45, 7) is 11.6. The Morgan fingerprint density at radius 3 is 2.07 bits per heavy atom. The van der Waals surface area contributed by atoms with E-state index in [1.807, 2.05) is 13.0 Å². The Balaban J connectivity index is 0.000000131. The number of ketones is 1. The molecule has 1 fully saturated rings. The first-order chi connectivity index (χ1) is 13.9. The topological polar surface area (TPSA) is 26.3 Å². The van der Waals surface area contributed by atoms with Crippen molar-refractivity contribution in [2.75, 3.05) is 6.61 Å². The SMILES string of the molecule is CC1CCCO1.Cc1ccc(C)c2c1C=CC2.Cc1ccc(C)c2c1CCC2=O. The maximum absolute atomic E-state index is 11.4. The normalized spacial score (nSPS) is 18.5. The maximum Gasteiger partial charge on any atom is 0.163 e. The monoisotopic (exact) mass is 390 g/mol. The number of benzene rings is 2. The first kappa shape index (κ1) is 21.5. The number of allylic oxidation sites excluding steroid dienone is 1. The van der Waals surface area contributed by atoms with E-state index in [0.717, 1.165) is 30.6 Å². The largest absolute Gasteiger partial charge is 0.379 e. The van der Waals surface area contributed by atoms with E-state index in [9.17, 15) is 4.79 Å². The zero-order chi connectivity index (χ0) is 21.0. The summed E-state index contributed by atoms with van der Waals surface area (Å²) in [7, 11) is 0. The van der Waals surface area contributed by atoms with E-state index >= 15 is 0 Å². The second-order valence-corrected chi connectivity index (χ2v) is 8.50. The van der Waals surface area contributed by atoms with Gasteiger partial charge in [0.05, 0.1) is 6.10 Å². The van der Waals surface area contributed by atoms with Crippen LogP contribution in [0, 0.1) is 27.7 Å². The Labute approximate surface area is 176 Å². The van der Waals surface area contributed by atoms with Gasteiger partial charge in [0.25, 0.3) is 0 Å². The molecule has 0 radical (unpaired) electrons. The number of ether oxygens (including phenoxy) is 1. The van der Waals surface area contributed by atoms with Crippen LogP contribution >= 0.6 is 0 Å². The Morgan fingerprint density at radius 1 is 0.862 bits per heavy atom. The van der Waals surface area contributed by atoms with Crippen molar-refractivity contribution in [3.8, 4) is 0 Å². The van der Waals surface area contributed by atoms with Crippen molar-refractivity contribution in [3.05, 3.63) is 74.8 Å². The minimum atomic E-state index is 0.325. The molecule has 0 amide bonds. The van der Waals surface area contributed by atoms with Crippen molar-refractivity contribution in [1.82, 2.24) is 0 Å². The van der Waals surface area contributed by atoms with Crippen LogP contribution in [0.4, 0.5) is 0 Å². The Kier molecular flexibility index (Phi) is 7.08. The number of rotatable bonds is 0. The van der Waals surface area contributed by atoms with Crippen LogP contribution in [0.15, 0.2) is 30.3 Å². The highest BCUT2D eigenvalue weighted by molar-refractivity contribution is 6.02. The average molecular weight is 391 g/mol. The van der Waals surface area contributed by atoms with Crippen LogP contribution in [0.1, 0.15) is 75.5 Å². The Morgan fingerprint density at radius 2 is 1.52 bits per heavy atom. The van der Waals surface area contributed by atoms with Gasteiger partial charge in [-0.25, -0.2) is 0 Å². The molecule has 2 aromatic rings. The van der Waals surface area contributed by atoms with Crippen molar-refractivity contribution >= 4 is 11.9 Å². The molecule has 1 saturated heterocycles. The Bertz CT molecular complexity index is 915. The van der Waals surface area contributed by atoms with E-state index in [0.29, 0.717) is 18.3 Å². The molecular weight excluding hydrogens is 356 g/mol. The van der Waals surface area contributed by atoms with Gasteiger partial charge >= 0.3 is 0 Å². The number of hydrogen-bond donors (Lipinski definition) is 0. The molecule has 0 spiro atoms. The lowest BCUT2D eigenvalue weighted by Gasteiger charge is -2.05. The van der Waals surface area contributed by atoms with Gasteiger partial charge in [-0.2, -0.15) is 0 Å². The molecule has 29 heavy (non-hydrogen) atoms. The summed E-state index contributed by atoms with van der Waals surface area (Å²) in [5.74, 6) is 0.325. The number of fused-ring (bicyclic) bond motifs is 2. The number of aryl methyl sites for hydroxylation is 4. The molecule has 1 heterocycles. The van der Waals surface area contributed by atoms with Crippen LogP contribution < -0.4 is 0 Å². The lowest BCUT2D eigenvalue weighted by atomic mass is 10.00. The van der Waals surface area contributed by atoms with Gasteiger partial charge in [0.15, 0.2) is 5.78 Å². The van der Waals surface area contributed by atoms with Gasteiger partial charge in [0.1, 0.15) is 0 Å². The van der Waals surface area contributed by atoms with Crippen LogP contribution in [0.3, 0.4) is 0 Å². The fourth-order valence-corrected chi connectivity index (χ4v) is 4.37. The fourth-order valence-electron chi connectivity index (χ4n) is 4.37. The van der Waals surface area contributed by atoms with Gasteiger partial charge in [-0.1, -0.05) is 36.4 Å². The predicted molar refractivity (Wildman–Crippen MR) is 122 cm³/mol. The van der Waals surface area contributed by atoms with Crippen LogP contribution in [0.25, 0.3) is 6.08 Å². The lowest BCUT2D eigenvalue weighted by molar-refractivity contribution is 0.0994. The van der Waals surface area contributed by atoms with Crippen LogP contribution in [-0.4, -0.2) is 18.5 Å². The van der Waals surface area contributed by atoms with E-state index in [-0.39, 0.29) is 0 Å². The van der Waals surface area contributed by atoms with Crippen molar-refractivity contribution in [2.45, 2.75) is 72.8 Å². The molecular formula is C27H34O2. The molecule has 1 unspecified atom stereocenters. The number of carbonyl (C=O) groups excluding carboxylic acids is 1. The highest BCUT2D eigenvalue weighted by atomic mass is 16.5. The van der Waals surface area contributed by atoms with Crippen LogP contribution in [-0.2, 0) is 17.6 Å². The predicted octanol–water partition coefficient (Wildman–Crippen LogP) is 6.49. The average Bonchev–Trinajstić information content (AvgIpc) is 3.44. The number of carbonyl (C=O) groups is 1. The van der Waals surface area contributed by atoms with E-state index in [2.05, 4.69) is 58.0 Å². The highest BCUT2D eigenvalue weighted by Gasteiger charge is 2.22. The summed E-state index contributed by atoms with van der Waals surface area (Å²) < 4.78 is 5.15. The first-order valence-corrected chi connectivity index (χ1v) is 10.9. The molecule has 1 atom stereocenters. The van der Waals surface area contributed by atoms with Gasteiger partial charge in [0.2, 0.25) is 0 Å². The summed E-state index contributed by atoms with van der Waals surface area (Å²) >= 11 is 0. The fraction of sp³-hybridized carbons (Fsp3) is 0.444. The molecule has 0 N–H and O–H groups in total. The standard InChI is InChI=1S/C11H12O.C11H12.C5H10O/c1-7-3-4-8(2)11-9(7)5-6-10(11)12;1-8-6-7-9(2)11-5-3-4-10(8)11;1-5-3-2-4-6-5/h3-4H,5-6H2,1-2H3;3-4,6-7H,5H2,1-2H3;5H,2-4H2,1H3. The molecule has 2 nitrogen and oxygen atoms in total. The molecule has 3 aliphatic rings. The van der Waals surface area contributed by atoms with E-state index in [1.165, 1.54) is 46.2 Å². The molecule has 2 aliphatic carbocycles. The molecule has 5 rings (SSSR count). The summed E-state index contributed by atoms with van der Waals surface area (Å²) in [4.78, 5) is 11.4. The van der Waals surface area contributed by atoms with Gasteiger partial charge in [0, 0.05) is 18.6 Å². The second kappa shape index (κ2) is 9.54. The highest BCUT2D eigenvalue weighted by Crippen LogP contribution is 2.27. The van der Waals surface area contributed by atoms with Crippen molar-refractivity contribution in [2.24, 2.45) is 0 Å². The molecule has 2 aromatic carbocycles. The summed E-state index contributed by atoms with van der Waals surface area (Å²) in [6, 6.07) is 8.55. The van der Waals surface area contributed by atoms with E-state index in [4.69, 9.17) is 4.74 Å². The minimum Gasteiger partial charge on any atom is -0.379 e. The van der Waals surface area contributed by atoms with Gasteiger partial charge in [-0.15, -0.1) is 0 Å². The Hall–Kier alpha value is -2.19.